The Labute approximate surface area is 128 Å². The third kappa shape index (κ3) is 3.95. The molecule has 0 aromatic heterocycles. The average Bonchev–Trinajstić information content (AvgIpc) is 2.33. The van der Waals surface area contributed by atoms with Crippen molar-refractivity contribution in [1.29, 1.82) is 0 Å². The Balaban J connectivity index is 3.52. The molecule has 1 aromatic carbocycles. The lowest BCUT2D eigenvalue weighted by atomic mass is 9.72. The van der Waals surface area contributed by atoms with E-state index in [1.807, 2.05) is 0 Å². The van der Waals surface area contributed by atoms with Crippen LogP contribution in [0.3, 0.4) is 0 Å². The van der Waals surface area contributed by atoms with Gasteiger partial charge in [0.05, 0.1) is 6.10 Å². The van der Waals surface area contributed by atoms with Gasteiger partial charge in [-0.05, 0) is 33.9 Å². The van der Waals surface area contributed by atoms with Crippen molar-refractivity contribution in [3.63, 3.8) is 0 Å². The highest BCUT2D eigenvalue weighted by atomic mass is 28.2. The molecule has 0 radical (unpaired) electrons. The molecule has 1 rings (SSSR count). The highest BCUT2D eigenvalue weighted by Gasteiger charge is 2.29. The van der Waals surface area contributed by atoms with Gasteiger partial charge >= 0.3 is 0 Å². The molecular formula is C18H32OSi. The highest BCUT2D eigenvalue weighted by Crippen LogP contribution is 2.39. The van der Waals surface area contributed by atoms with Crippen LogP contribution in [0.4, 0.5) is 0 Å². The quantitative estimate of drug-likeness (QED) is 0.746. The normalized spacial score (nSPS) is 14.6. The summed E-state index contributed by atoms with van der Waals surface area (Å²) < 4.78 is 5.92. The Morgan fingerprint density at radius 1 is 1.05 bits per heavy atom. The summed E-state index contributed by atoms with van der Waals surface area (Å²) in [5.41, 5.74) is 4.66. The maximum Gasteiger partial charge on any atom is 0.146 e. The zero-order chi connectivity index (χ0) is 15.6. The molecule has 0 amide bonds. The van der Waals surface area contributed by atoms with Crippen molar-refractivity contribution < 1.29 is 4.43 Å². The van der Waals surface area contributed by atoms with Crippen LogP contribution in [-0.4, -0.2) is 10.5 Å². The number of benzene rings is 1. The SMILES string of the molecule is CCCC(O[SiH3])c1cccc(C(C)(C)C)c1C(C)(C)C. The standard InChI is InChI=1S/C18H32OSi/c1-8-10-15(19-20)13-11-9-12-14(17(2,3)4)16(13)18(5,6)7/h9,11-12,15H,8,10H2,1-7,20H3. The van der Waals surface area contributed by atoms with Crippen molar-refractivity contribution in [2.24, 2.45) is 0 Å². The van der Waals surface area contributed by atoms with E-state index in [2.05, 4.69) is 66.7 Å². The van der Waals surface area contributed by atoms with Gasteiger partial charge in [-0.2, -0.15) is 0 Å². The number of hydrogen-bond donors (Lipinski definition) is 0. The second-order valence-electron chi connectivity index (χ2n) is 7.78. The minimum atomic E-state index is 0.144. The van der Waals surface area contributed by atoms with Crippen LogP contribution in [0.25, 0.3) is 0 Å². The molecule has 114 valence electrons. The Hall–Kier alpha value is -0.603. The lowest BCUT2D eigenvalue weighted by Gasteiger charge is -2.34. The zero-order valence-electron chi connectivity index (χ0n) is 14.6. The largest absolute Gasteiger partial charge is 0.421 e. The van der Waals surface area contributed by atoms with E-state index >= 15 is 0 Å². The van der Waals surface area contributed by atoms with Crippen LogP contribution in [0.5, 0.6) is 0 Å². The maximum atomic E-state index is 5.92. The van der Waals surface area contributed by atoms with E-state index in [0.29, 0.717) is 0 Å². The van der Waals surface area contributed by atoms with Crippen LogP contribution in [0.2, 0.25) is 0 Å². The minimum Gasteiger partial charge on any atom is -0.421 e. The van der Waals surface area contributed by atoms with E-state index in [9.17, 15) is 0 Å². The first kappa shape index (κ1) is 17.4. The smallest absolute Gasteiger partial charge is 0.146 e. The maximum absolute atomic E-state index is 5.92. The molecule has 0 spiro atoms. The van der Waals surface area contributed by atoms with Gasteiger partial charge in [-0.15, -0.1) is 0 Å². The van der Waals surface area contributed by atoms with Gasteiger partial charge in [0.25, 0.3) is 0 Å². The molecule has 1 aromatic rings. The fourth-order valence-corrected chi connectivity index (χ4v) is 3.45. The van der Waals surface area contributed by atoms with Crippen molar-refractivity contribution in [2.75, 3.05) is 0 Å². The fraction of sp³-hybridized carbons (Fsp3) is 0.667. The number of rotatable bonds is 4. The second kappa shape index (κ2) is 6.44. The van der Waals surface area contributed by atoms with Crippen LogP contribution < -0.4 is 0 Å². The minimum absolute atomic E-state index is 0.144. The van der Waals surface area contributed by atoms with E-state index in [0.717, 1.165) is 23.3 Å². The zero-order valence-corrected chi connectivity index (χ0v) is 16.6. The molecule has 0 saturated carbocycles. The van der Waals surface area contributed by atoms with Crippen molar-refractivity contribution in [3.8, 4) is 0 Å². The summed E-state index contributed by atoms with van der Waals surface area (Å²) in [6.07, 6.45) is 2.54. The van der Waals surface area contributed by atoms with Crippen molar-refractivity contribution in [3.05, 3.63) is 34.9 Å². The van der Waals surface area contributed by atoms with Gasteiger partial charge in [0, 0.05) is 0 Å². The van der Waals surface area contributed by atoms with Gasteiger partial charge in [0.1, 0.15) is 10.5 Å². The first-order valence-corrected chi connectivity index (χ1v) is 8.61. The van der Waals surface area contributed by atoms with Crippen LogP contribution in [0, 0.1) is 0 Å². The highest BCUT2D eigenvalue weighted by molar-refractivity contribution is 5.98. The molecule has 0 fully saturated rings. The Morgan fingerprint density at radius 3 is 2.05 bits per heavy atom. The summed E-state index contributed by atoms with van der Waals surface area (Å²) >= 11 is 0. The third-order valence-corrected chi connectivity index (χ3v) is 4.41. The number of hydrogen-bond acceptors (Lipinski definition) is 1. The lowest BCUT2D eigenvalue weighted by molar-refractivity contribution is 0.210. The van der Waals surface area contributed by atoms with Crippen molar-refractivity contribution in [1.82, 2.24) is 0 Å². The van der Waals surface area contributed by atoms with E-state index < -0.39 is 0 Å². The van der Waals surface area contributed by atoms with E-state index in [4.69, 9.17) is 4.43 Å². The first-order chi connectivity index (χ1) is 9.12. The van der Waals surface area contributed by atoms with Crippen LogP contribution in [-0.2, 0) is 15.3 Å². The van der Waals surface area contributed by atoms with Crippen LogP contribution in [0.1, 0.15) is 84.1 Å². The van der Waals surface area contributed by atoms with Gasteiger partial charge < -0.3 is 4.43 Å². The van der Waals surface area contributed by atoms with E-state index in [1.165, 1.54) is 16.7 Å². The fourth-order valence-electron chi connectivity index (χ4n) is 2.96. The van der Waals surface area contributed by atoms with Gasteiger partial charge in [-0.3, -0.25) is 0 Å². The summed E-state index contributed by atoms with van der Waals surface area (Å²) in [4.78, 5) is 0. The molecule has 1 atom stereocenters. The predicted octanol–water partition coefficient (Wildman–Crippen LogP) is 4.42. The van der Waals surface area contributed by atoms with Crippen LogP contribution >= 0.6 is 0 Å². The molecule has 2 heteroatoms. The van der Waals surface area contributed by atoms with Gasteiger partial charge in [-0.1, -0.05) is 73.1 Å². The Kier molecular flexibility index (Phi) is 5.62. The monoisotopic (exact) mass is 292 g/mol. The van der Waals surface area contributed by atoms with E-state index in [-0.39, 0.29) is 16.9 Å². The summed E-state index contributed by atoms with van der Waals surface area (Å²) in [5.74, 6) is 0. The topological polar surface area (TPSA) is 9.23 Å². The molecular weight excluding hydrogens is 260 g/mol. The third-order valence-electron chi connectivity index (χ3n) is 3.84. The average molecular weight is 293 g/mol. The van der Waals surface area contributed by atoms with Crippen LogP contribution in [0.15, 0.2) is 18.2 Å². The first-order valence-electron chi connectivity index (χ1n) is 7.79. The Bertz CT molecular complexity index is 438. The van der Waals surface area contributed by atoms with Gasteiger partial charge in [0.2, 0.25) is 0 Å². The Morgan fingerprint density at radius 2 is 1.65 bits per heavy atom. The molecule has 0 aliphatic heterocycles. The van der Waals surface area contributed by atoms with Gasteiger partial charge in [0.15, 0.2) is 0 Å². The molecule has 0 aliphatic rings. The lowest BCUT2D eigenvalue weighted by Crippen LogP contribution is -2.25. The van der Waals surface area contributed by atoms with E-state index in [1.54, 1.807) is 0 Å². The molecule has 0 aliphatic carbocycles. The van der Waals surface area contributed by atoms with Crippen molar-refractivity contribution >= 4 is 10.5 Å². The molecule has 1 nitrogen and oxygen atoms in total. The molecule has 20 heavy (non-hydrogen) atoms. The molecule has 1 unspecified atom stereocenters. The summed E-state index contributed by atoms with van der Waals surface area (Å²) in [5, 5.41) is 0. The molecule has 0 N–H and O–H groups in total. The predicted molar refractivity (Wildman–Crippen MR) is 92.5 cm³/mol. The van der Waals surface area contributed by atoms with Crippen molar-refractivity contribution in [2.45, 2.75) is 78.2 Å². The molecule has 0 saturated heterocycles. The summed E-state index contributed by atoms with van der Waals surface area (Å²) in [6, 6.07) is 6.77. The second-order valence-corrected chi connectivity index (χ2v) is 8.25. The molecule has 0 bridgehead atoms. The summed E-state index contributed by atoms with van der Waals surface area (Å²) in [7, 11) is 0.793. The molecule has 0 heterocycles. The van der Waals surface area contributed by atoms with Gasteiger partial charge in [-0.25, -0.2) is 0 Å². The summed E-state index contributed by atoms with van der Waals surface area (Å²) in [6.45, 7) is 16.1.